The third-order valence-electron chi connectivity index (χ3n) is 1.57. The number of rotatable bonds is 3. The van der Waals surface area contributed by atoms with Crippen LogP contribution in [-0.4, -0.2) is 14.7 Å². The van der Waals surface area contributed by atoms with Crippen LogP contribution in [0.5, 0.6) is 0 Å². The first-order valence-electron chi connectivity index (χ1n) is 3.59. The van der Waals surface area contributed by atoms with E-state index in [9.17, 15) is 13.2 Å². The summed E-state index contributed by atoms with van der Waals surface area (Å²) in [7, 11) is -3.62. The molecule has 2 N–H and O–H groups in total. The maximum Gasteiger partial charge on any atom is 0.238 e. The van der Waals surface area contributed by atoms with E-state index in [4.69, 9.17) is 5.14 Å². The lowest BCUT2D eigenvalue weighted by atomic mass is 10.2. The molecule has 0 atom stereocenters. The summed E-state index contributed by atoms with van der Waals surface area (Å²) in [6.07, 6.45) is 1.04. The number of carbonyl (C=O) groups excluding carboxylic acids is 1. The monoisotopic (exact) mass is 199 g/mol. The van der Waals surface area contributed by atoms with Crippen LogP contribution in [0.2, 0.25) is 0 Å². The van der Waals surface area contributed by atoms with Crippen LogP contribution < -0.4 is 5.14 Å². The summed E-state index contributed by atoms with van der Waals surface area (Å²) >= 11 is 0. The molecule has 0 heterocycles. The van der Waals surface area contributed by atoms with Crippen molar-refractivity contribution in [2.24, 2.45) is 5.14 Å². The summed E-state index contributed by atoms with van der Waals surface area (Å²) in [6.45, 7) is 0. The fourth-order valence-electron chi connectivity index (χ4n) is 0.911. The third kappa shape index (κ3) is 2.64. The van der Waals surface area contributed by atoms with Gasteiger partial charge in [-0.15, -0.1) is 0 Å². The molecule has 0 aliphatic rings. The van der Waals surface area contributed by atoms with E-state index in [2.05, 4.69) is 0 Å². The molecule has 0 bridgehead atoms. The van der Waals surface area contributed by atoms with E-state index < -0.39 is 10.0 Å². The lowest BCUT2D eigenvalue weighted by Crippen LogP contribution is -2.11. The number of primary sulfonamides is 1. The highest BCUT2D eigenvalue weighted by atomic mass is 32.2. The lowest BCUT2D eigenvalue weighted by molar-refractivity contribution is -0.107. The van der Waals surface area contributed by atoms with Gasteiger partial charge in [0.05, 0.1) is 4.90 Å². The Balaban J connectivity index is 3.01. The molecule has 0 aromatic heterocycles. The first kappa shape index (κ1) is 9.88. The summed E-state index contributed by atoms with van der Waals surface area (Å²) in [4.78, 5) is 10.2. The number of hydrogen-bond donors (Lipinski definition) is 1. The second-order valence-electron chi connectivity index (χ2n) is 2.56. The van der Waals surface area contributed by atoms with Gasteiger partial charge in [0.15, 0.2) is 0 Å². The molecule has 0 radical (unpaired) electrons. The second-order valence-corrected chi connectivity index (χ2v) is 4.12. The van der Waals surface area contributed by atoms with E-state index in [1.54, 1.807) is 12.1 Å². The van der Waals surface area contributed by atoms with Gasteiger partial charge in [-0.2, -0.15) is 0 Å². The van der Waals surface area contributed by atoms with Gasteiger partial charge in [-0.05, 0) is 17.7 Å². The summed E-state index contributed by atoms with van der Waals surface area (Å²) in [6, 6.07) is 5.89. The Kier molecular flexibility index (Phi) is 2.79. The van der Waals surface area contributed by atoms with Gasteiger partial charge in [-0.3, -0.25) is 0 Å². The standard InChI is InChI=1S/C8H9NO3S/c9-13(11,12)8-3-1-7(2-4-8)5-6-10/h1-4,6H,5H2,(H2,9,11,12). The third-order valence-corrected chi connectivity index (χ3v) is 2.50. The molecule has 0 unspecified atom stereocenters. The van der Waals surface area contributed by atoms with E-state index >= 15 is 0 Å². The maximum atomic E-state index is 10.8. The molecule has 0 fully saturated rings. The highest BCUT2D eigenvalue weighted by Gasteiger charge is 2.05. The van der Waals surface area contributed by atoms with Gasteiger partial charge in [-0.1, -0.05) is 12.1 Å². The van der Waals surface area contributed by atoms with Crippen molar-refractivity contribution < 1.29 is 13.2 Å². The number of carbonyl (C=O) groups is 1. The van der Waals surface area contributed by atoms with E-state index in [1.165, 1.54) is 12.1 Å². The van der Waals surface area contributed by atoms with Gasteiger partial charge in [0, 0.05) is 6.42 Å². The highest BCUT2D eigenvalue weighted by Crippen LogP contribution is 2.08. The topological polar surface area (TPSA) is 77.2 Å². The Bertz CT molecular complexity index is 394. The molecule has 1 rings (SSSR count). The molecule has 0 saturated heterocycles. The van der Waals surface area contributed by atoms with Gasteiger partial charge >= 0.3 is 0 Å². The first-order valence-corrected chi connectivity index (χ1v) is 5.14. The molecule has 1 aromatic carbocycles. The molecule has 0 spiro atoms. The van der Waals surface area contributed by atoms with Crippen molar-refractivity contribution in [2.75, 3.05) is 0 Å². The zero-order valence-electron chi connectivity index (χ0n) is 6.80. The zero-order chi connectivity index (χ0) is 9.90. The fraction of sp³-hybridized carbons (Fsp3) is 0.125. The van der Waals surface area contributed by atoms with Crippen LogP contribution in [0.15, 0.2) is 29.2 Å². The van der Waals surface area contributed by atoms with Gasteiger partial charge in [0.25, 0.3) is 0 Å². The van der Waals surface area contributed by atoms with Crippen LogP contribution in [0, 0.1) is 0 Å². The van der Waals surface area contributed by atoms with Gasteiger partial charge in [-0.25, -0.2) is 13.6 Å². The molecule has 5 heteroatoms. The average Bonchev–Trinajstić information content (AvgIpc) is 2.04. The molecule has 0 amide bonds. The van der Waals surface area contributed by atoms with Crippen LogP contribution in [0.4, 0.5) is 0 Å². The van der Waals surface area contributed by atoms with Crippen molar-refractivity contribution in [3.05, 3.63) is 29.8 Å². The van der Waals surface area contributed by atoms with Crippen molar-refractivity contribution in [3.63, 3.8) is 0 Å². The van der Waals surface area contributed by atoms with Gasteiger partial charge < -0.3 is 4.79 Å². The van der Waals surface area contributed by atoms with E-state index in [0.29, 0.717) is 0 Å². The molecular weight excluding hydrogens is 190 g/mol. The Morgan fingerprint density at radius 3 is 2.15 bits per heavy atom. The normalized spacial score (nSPS) is 11.2. The number of benzene rings is 1. The van der Waals surface area contributed by atoms with E-state index in [0.717, 1.165) is 11.8 Å². The Morgan fingerprint density at radius 2 is 1.77 bits per heavy atom. The Hall–Kier alpha value is -1.20. The summed E-state index contributed by atoms with van der Waals surface area (Å²) in [5.41, 5.74) is 0.766. The molecule has 13 heavy (non-hydrogen) atoms. The first-order chi connectivity index (χ1) is 6.04. The number of hydrogen-bond acceptors (Lipinski definition) is 3. The average molecular weight is 199 g/mol. The lowest BCUT2D eigenvalue weighted by Gasteiger charge is -1.98. The summed E-state index contributed by atoms with van der Waals surface area (Å²) in [5.74, 6) is 0. The van der Waals surface area contributed by atoms with E-state index in [-0.39, 0.29) is 11.3 Å². The van der Waals surface area contributed by atoms with Crippen LogP contribution in [0.3, 0.4) is 0 Å². The SMILES string of the molecule is NS(=O)(=O)c1ccc(CC=O)cc1. The molecule has 0 saturated carbocycles. The Labute approximate surface area is 76.4 Å². The summed E-state index contributed by atoms with van der Waals surface area (Å²) in [5, 5.41) is 4.88. The number of sulfonamides is 1. The molecule has 0 aliphatic heterocycles. The van der Waals surface area contributed by atoms with Crippen molar-refractivity contribution in [1.82, 2.24) is 0 Å². The molecular formula is C8H9NO3S. The molecule has 1 aromatic rings. The van der Waals surface area contributed by atoms with Crippen LogP contribution in [-0.2, 0) is 21.2 Å². The molecule has 0 aliphatic carbocycles. The van der Waals surface area contributed by atoms with Crippen molar-refractivity contribution >= 4 is 16.3 Å². The van der Waals surface area contributed by atoms with Gasteiger partial charge in [0.2, 0.25) is 10.0 Å². The molecule has 4 nitrogen and oxygen atoms in total. The molecule has 70 valence electrons. The number of nitrogens with two attached hydrogens (primary N) is 1. The minimum Gasteiger partial charge on any atom is -0.303 e. The van der Waals surface area contributed by atoms with Crippen molar-refractivity contribution in [3.8, 4) is 0 Å². The highest BCUT2D eigenvalue weighted by molar-refractivity contribution is 7.89. The second kappa shape index (κ2) is 3.68. The largest absolute Gasteiger partial charge is 0.303 e. The smallest absolute Gasteiger partial charge is 0.238 e. The van der Waals surface area contributed by atoms with Crippen LogP contribution in [0.25, 0.3) is 0 Å². The minimum atomic E-state index is -3.62. The van der Waals surface area contributed by atoms with E-state index in [1.807, 2.05) is 0 Å². The number of aldehydes is 1. The minimum absolute atomic E-state index is 0.0575. The van der Waals surface area contributed by atoms with Gasteiger partial charge in [0.1, 0.15) is 6.29 Å². The quantitative estimate of drug-likeness (QED) is 0.700. The maximum absolute atomic E-state index is 10.8. The zero-order valence-corrected chi connectivity index (χ0v) is 7.62. The predicted octanol–water partition coefficient (Wildman–Crippen LogP) is 0.0754. The van der Waals surface area contributed by atoms with Crippen molar-refractivity contribution in [2.45, 2.75) is 11.3 Å². The fourth-order valence-corrected chi connectivity index (χ4v) is 1.43. The summed E-state index contributed by atoms with van der Waals surface area (Å²) < 4.78 is 21.6. The predicted molar refractivity (Wildman–Crippen MR) is 47.6 cm³/mol. The Morgan fingerprint density at radius 1 is 1.23 bits per heavy atom. The van der Waals surface area contributed by atoms with Crippen LogP contribution >= 0.6 is 0 Å². The van der Waals surface area contributed by atoms with Crippen LogP contribution in [0.1, 0.15) is 5.56 Å². The van der Waals surface area contributed by atoms with Crippen molar-refractivity contribution in [1.29, 1.82) is 0 Å².